The van der Waals surface area contributed by atoms with Gasteiger partial charge in [0.2, 0.25) is 0 Å². The predicted molar refractivity (Wildman–Crippen MR) is 507 cm³/mol. The fourth-order valence-electron chi connectivity index (χ4n) is 15.9. The Morgan fingerprint density at radius 1 is 0.277 bits per heavy atom. The van der Waals surface area contributed by atoms with Gasteiger partial charge in [0.1, 0.15) is 48.3 Å². The van der Waals surface area contributed by atoms with Crippen LogP contribution in [-0.4, -0.2) is 48.5 Å². The number of hydrogen-bond acceptors (Lipinski definition) is 6. The molecule has 0 bridgehead atoms. The molecule has 19 aromatic rings. The maximum Gasteiger partial charge on any atom is 0.478 e. The van der Waals surface area contributed by atoms with Crippen LogP contribution in [-0.2, 0) is 196 Å². The van der Waals surface area contributed by atoms with Crippen LogP contribution >= 0.6 is 7.26 Å². The van der Waals surface area contributed by atoms with Crippen molar-refractivity contribution in [1.82, 2.24) is 0 Å². The van der Waals surface area contributed by atoms with Gasteiger partial charge in [0.25, 0.3) is 0 Å². The van der Waals surface area contributed by atoms with Crippen molar-refractivity contribution in [2.45, 2.75) is 27.7 Å². The predicted octanol–water partition coefficient (Wildman–Crippen LogP) is 21.1. The molecule has 20 rings (SSSR count). The van der Waals surface area contributed by atoms with Crippen LogP contribution in [0.1, 0.15) is 65.0 Å². The number of aryl methyl sites for hydroxylation is 3. The maximum atomic E-state index is 11.7. The zero-order valence-corrected chi connectivity index (χ0v) is 90.7. The molecule has 0 saturated heterocycles. The molecule has 1 aliphatic carbocycles. The van der Waals surface area contributed by atoms with Crippen molar-refractivity contribution in [3.63, 3.8) is 0 Å². The quantitative estimate of drug-likeness (QED) is 0.0486. The second-order valence-electron chi connectivity index (χ2n) is 29.3. The number of carbonyl (C=O) groups is 4. The van der Waals surface area contributed by atoms with Gasteiger partial charge in [-0.15, -0.1) is 94.3 Å². The summed E-state index contributed by atoms with van der Waals surface area (Å²) in [4.78, 5) is 44.3. The van der Waals surface area contributed by atoms with E-state index in [0.29, 0.717) is 22.2 Å². The summed E-state index contributed by atoms with van der Waals surface area (Å²) < 4.78 is 0. The van der Waals surface area contributed by atoms with Crippen molar-refractivity contribution >= 4 is 104 Å². The van der Waals surface area contributed by atoms with E-state index in [1.54, 1.807) is 24.3 Å². The number of rotatable bonds is 14. The smallest absolute Gasteiger partial charge is 0.478 e. The number of halogens is 1. The van der Waals surface area contributed by atoms with E-state index >= 15 is 0 Å². The summed E-state index contributed by atoms with van der Waals surface area (Å²) in [5.41, 5.74) is 22.1. The van der Waals surface area contributed by atoms with Crippen molar-refractivity contribution in [3.8, 4) is 89.0 Å². The first-order valence-corrected chi connectivity index (χ1v) is 42.4. The third kappa shape index (κ3) is 24.9. The Kier molecular flexibility index (Phi) is 43.7. The van der Waals surface area contributed by atoms with Crippen molar-refractivity contribution < 1.29 is 238 Å². The molecule has 0 amide bonds. The van der Waals surface area contributed by atoms with Crippen LogP contribution < -0.4 is 33.8 Å². The number of benzene rings is 19. The summed E-state index contributed by atoms with van der Waals surface area (Å²) in [5.74, 6) is 0. The van der Waals surface area contributed by atoms with E-state index in [2.05, 4.69) is 208 Å². The second kappa shape index (κ2) is 52.8. The van der Waals surface area contributed by atoms with Gasteiger partial charge in [-0.2, -0.15) is 216 Å². The second-order valence-corrected chi connectivity index (χ2v) is 33.1. The molecule has 0 saturated carbocycles. The van der Waals surface area contributed by atoms with Crippen LogP contribution in [0.4, 0.5) is 0 Å². The molecule has 0 heterocycles. The van der Waals surface area contributed by atoms with E-state index in [-0.39, 0.29) is 209 Å². The van der Waals surface area contributed by atoms with Gasteiger partial charge < -0.3 is 22.5 Å². The molecule has 0 spiro atoms. The topological polar surface area (TPSA) is 109 Å². The third-order valence-corrected chi connectivity index (χ3v) is 26.4. The van der Waals surface area contributed by atoms with Gasteiger partial charge in [-0.25, -0.2) is 77.5 Å². The standard InChI is InChI=1S/C24H16O.C23H10O.C23H12O.C20H20P.C16H11BO2.C9H10O.ClH.6Y/c1-17-13-14-18(16-25)15-23(17)22-12-6-10-20-9-5-11-21(24(20)22)19-7-3-2-4-8-19;24-14-16-8-5-13-21-20-12-4-7-15-6-3-11-19(22(15)20)17-9-1-2-10-18(17)23(16)21;24-16-17-7-4-12-20(15-17)22-14-6-11-19-10-5-13-21(23(19)22)18-8-2-1-3-9-18;1-2-21(18-12-6-3-7-13-18,19-14-8-4-9-15-19)20-16-10-5-11-17-20;18-17(19)15-11-5-9-13-8-4-10-14(16(13)15)12-6-2-1-3-7-12;1-7-3-4-9(6-10)5-8(7)2;;;;;;;/h2-7,9-10,12-16H,1H3;1-8,10,14H;1-8,10-11,15-16H;3-17H,2H2,1H3;1-6,8-9,11,18-19H;3-6H,1-2H3;1H;;;;;;/q-2;2*-4;+1;-2;;;;;;;;/p-1. The van der Waals surface area contributed by atoms with Crippen molar-refractivity contribution in [1.29, 1.82) is 0 Å². The molecule has 0 unspecified atom stereocenters. The largest absolute Gasteiger partial charge is 1.00 e. The Balaban J connectivity index is 0.000000193. The van der Waals surface area contributed by atoms with Crippen molar-refractivity contribution in [3.05, 3.63) is 470 Å². The molecule has 19 aromatic carbocycles. The Bertz CT molecular complexity index is 6850. The van der Waals surface area contributed by atoms with Gasteiger partial charge >= 0.3 is 7.12 Å². The van der Waals surface area contributed by atoms with E-state index in [1.807, 2.05) is 226 Å². The monoisotopic (exact) mass is 2170 g/mol. The fourth-order valence-corrected chi connectivity index (χ4v) is 19.9. The average Bonchev–Trinajstić information content (AvgIpc) is 1.55. The molecular formula is C115H79BClO6PY6-12. The van der Waals surface area contributed by atoms with E-state index in [1.165, 1.54) is 27.0 Å². The first kappa shape index (κ1) is 108. The SMILES string of the molecule is CC[P+](c1ccccc1)(c1ccccc1)c1ccccc1.Cc1ccc(C=O)cc1-c1cccc2cc[c-]c(-c3[c-]cccc3)c12.Cc1ccc(C=O)cc1C.O=Cc1cc[c-]c(-c2[c-]ccc3cc[c-]c(-c4[c-]cccc4)c23)c1.O=Cc1cc[c-]c2c1-c1ccc[c-]c1-c1[c-]ccc3cc[c-]c-2c13.OB(O)c1cccc2cc[c-]c(-c3[c-]cccc3)c12.[Cl-].[Y].[Y].[Y].[Y].[Y].[Y]. The zero-order valence-electron chi connectivity index (χ0n) is 72.0. The Morgan fingerprint density at radius 2 is 0.646 bits per heavy atom. The third-order valence-electron chi connectivity index (χ3n) is 21.9. The minimum Gasteiger partial charge on any atom is -1.00 e. The molecule has 0 aliphatic heterocycles. The molecule has 0 atom stereocenters. The first-order chi connectivity index (χ1) is 60.4. The number of fused-ring (bicyclic) bond motifs is 8. The van der Waals surface area contributed by atoms with Gasteiger partial charge in [-0.05, 0) is 98.5 Å². The fraction of sp³-hybridized carbons (Fsp3) is 0.0435. The summed E-state index contributed by atoms with van der Waals surface area (Å²) in [6, 6.07) is 158. The van der Waals surface area contributed by atoms with Crippen molar-refractivity contribution in [2.24, 2.45) is 0 Å². The molecule has 130 heavy (non-hydrogen) atoms. The average molecular weight is 2170 g/mol. The van der Waals surface area contributed by atoms with E-state index in [0.717, 1.165) is 175 Å². The van der Waals surface area contributed by atoms with E-state index in [4.69, 9.17) is 0 Å². The van der Waals surface area contributed by atoms with Gasteiger partial charge in [0, 0.05) is 207 Å². The summed E-state index contributed by atoms with van der Waals surface area (Å²) in [7, 11) is -3.03. The zero-order chi connectivity index (χ0) is 85.0. The molecule has 0 fully saturated rings. The summed E-state index contributed by atoms with van der Waals surface area (Å²) >= 11 is 0. The number of aldehydes is 4. The molecule has 0 aromatic heterocycles. The summed E-state index contributed by atoms with van der Waals surface area (Å²) in [6.45, 7) is 8.43. The van der Waals surface area contributed by atoms with E-state index < -0.39 is 14.4 Å². The van der Waals surface area contributed by atoms with Crippen LogP contribution in [0.25, 0.3) is 132 Å². The maximum absolute atomic E-state index is 11.7. The normalized spacial score (nSPS) is 10.3. The van der Waals surface area contributed by atoms with Crippen molar-refractivity contribution in [2.75, 3.05) is 6.16 Å². The first-order valence-electron chi connectivity index (χ1n) is 40.4. The summed E-state index contributed by atoms with van der Waals surface area (Å²) in [5, 5.41) is 31.8. The van der Waals surface area contributed by atoms with Gasteiger partial charge in [-0.1, -0.05) is 137 Å². The molecule has 6 radical (unpaired) electrons. The molecule has 620 valence electrons. The summed E-state index contributed by atoms with van der Waals surface area (Å²) in [6.07, 6.45) is 4.66. The Labute approximate surface area is 921 Å². The molecule has 2 N–H and O–H groups in total. The molecule has 6 nitrogen and oxygen atoms in total. The number of hydrogen-bond donors (Lipinski definition) is 2. The molecular weight excluding hydrogens is 2090 g/mol. The van der Waals surface area contributed by atoms with Gasteiger partial charge in [0.15, 0.2) is 0 Å². The van der Waals surface area contributed by atoms with Crippen LogP contribution in [0, 0.1) is 93.6 Å². The van der Waals surface area contributed by atoms with Crippen LogP contribution in [0.15, 0.2) is 358 Å². The van der Waals surface area contributed by atoms with E-state index in [9.17, 15) is 29.2 Å². The van der Waals surface area contributed by atoms with Crippen LogP contribution in [0.5, 0.6) is 0 Å². The van der Waals surface area contributed by atoms with Crippen LogP contribution in [0.3, 0.4) is 0 Å². The number of carbonyl (C=O) groups excluding carboxylic acids is 4. The minimum absolute atomic E-state index is 0. The Hall–Kier alpha value is -7.77. The van der Waals surface area contributed by atoms with Crippen LogP contribution in [0.2, 0.25) is 0 Å². The molecule has 15 heteroatoms. The minimum atomic E-state index is -1.53. The van der Waals surface area contributed by atoms with Gasteiger partial charge in [-0.3, -0.25) is 19.2 Å². The Morgan fingerprint density at radius 3 is 1.12 bits per heavy atom. The van der Waals surface area contributed by atoms with Gasteiger partial charge in [0.05, 0.1) is 6.16 Å². The molecule has 1 aliphatic rings.